The zero-order chi connectivity index (χ0) is 20.4. The van der Waals surface area contributed by atoms with Gasteiger partial charge in [0.1, 0.15) is 29.2 Å². The Balaban J connectivity index is 1.79. The maximum atomic E-state index is 14.4. The van der Waals surface area contributed by atoms with Crippen molar-refractivity contribution in [1.82, 2.24) is 10.6 Å². The molecule has 1 fully saturated rings. The van der Waals surface area contributed by atoms with Gasteiger partial charge in [0, 0.05) is 35.8 Å². The Hall–Kier alpha value is -3.23. The molecule has 9 heteroatoms. The van der Waals surface area contributed by atoms with Gasteiger partial charge in [0.15, 0.2) is 0 Å². The van der Waals surface area contributed by atoms with Crippen molar-refractivity contribution in [2.75, 3.05) is 19.0 Å². The van der Waals surface area contributed by atoms with Gasteiger partial charge in [-0.05, 0) is 24.6 Å². The maximum absolute atomic E-state index is 14.4. The topological polar surface area (TPSA) is 79.5 Å². The normalized spacial score (nSPS) is 18.5. The first kappa shape index (κ1) is 19.5. The molecule has 0 bridgehead atoms. The molecule has 1 aliphatic heterocycles. The number of halogens is 3. The molecule has 3 amide bonds. The number of methoxy groups -OCH3 is 1. The Kier molecular flexibility index (Phi) is 5.43. The Morgan fingerprint density at radius 2 is 1.82 bits per heavy atom. The molecule has 1 heterocycles. The Bertz CT molecular complexity index is 913. The van der Waals surface area contributed by atoms with Crippen molar-refractivity contribution in [2.45, 2.75) is 18.9 Å². The van der Waals surface area contributed by atoms with Crippen LogP contribution in [0.3, 0.4) is 0 Å². The highest BCUT2D eigenvalue weighted by Crippen LogP contribution is 2.31. The second kappa shape index (κ2) is 7.79. The van der Waals surface area contributed by atoms with E-state index in [1.165, 1.54) is 19.2 Å². The van der Waals surface area contributed by atoms with Crippen LogP contribution in [0.25, 0.3) is 0 Å². The fraction of sp³-hybridized carbons (Fsp3) is 0.263. The molecule has 0 saturated carbocycles. The predicted octanol–water partition coefficient (Wildman–Crippen LogP) is 2.82. The van der Waals surface area contributed by atoms with Crippen LogP contribution in [0.1, 0.15) is 17.0 Å². The first-order valence-corrected chi connectivity index (χ1v) is 8.44. The number of aryl methyl sites for hydroxylation is 1. The summed E-state index contributed by atoms with van der Waals surface area (Å²) in [6, 6.07) is 4.12. The Morgan fingerprint density at radius 3 is 2.43 bits per heavy atom. The third-order valence-electron chi connectivity index (χ3n) is 4.56. The van der Waals surface area contributed by atoms with Gasteiger partial charge in [0.2, 0.25) is 5.91 Å². The fourth-order valence-corrected chi connectivity index (χ4v) is 3.07. The minimum absolute atomic E-state index is 0.000294. The molecular formula is C19H18F3N3O3. The molecule has 2 aromatic carbocycles. The smallest absolute Gasteiger partial charge is 0.319 e. The minimum Gasteiger partial charge on any atom is -0.497 e. The van der Waals surface area contributed by atoms with Gasteiger partial charge in [-0.3, -0.25) is 4.79 Å². The number of amides is 3. The molecule has 2 aromatic rings. The summed E-state index contributed by atoms with van der Waals surface area (Å²) in [5.41, 5.74) is 0.259. The van der Waals surface area contributed by atoms with Gasteiger partial charge in [0.25, 0.3) is 0 Å². The number of nitrogens with one attached hydrogen (secondary N) is 3. The van der Waals surface area contributed by atoms with Crippen LogP contribution in [0.4, 0.5) is 23.7 Å². The number of carbonyl (C=O) groups excluding carboxylic acids is 2. The first-order chi connectivity index (χ1) is 13.3. The highest BCUT2D eigenvalue weighted by atomic mass is 19.1. The van der Waals surface area contributed by atoms with E-state index in [1.807, 2.05) is 0 Å². The lowest BCUT2D eigenvalue weighted by Crippen LogP contribution is -2.45. The van der Waals surface area contributed by atoms with Crippen molar-refractivity contribution >= 4 is 17.6 Å². The van der Waals surface area contributed by atoms with Crippen molar-refractivity contribution in [1.29, 1.82) is 0 Å². The number of anilines is 1. The molecule has 0 radical (unpaired) electrons. The van der Waals surface area contributed by atoms with Crippen LogP contribution in [-0.4, -0.2) is 31.6 Å². The van der Waals surface area contributed by atoms with Crippen molar-refractivity contribution in [2.24, 2.45) is 0 Å². The number of hydrogen-bond donors (Lipinski definition) is 3. The molecular weight excluding hydrogens is 375 g/mol. The van der Waals surface area contributed by atoms with Crippen LogP contribution in [0.2, 0.25) is 0 Å². The van der Waals surface area contributed by atoms with Crippen molar-refractivity contribution in [3.63, 3.8) is 0 Å². The van der Waals surface area contributed by atoms with Gasteiger partial charge in [-0.1, -0.05) is 6.07 Å². The molecule has 3 N–H and O–H groups in total. The summed E-state index contributed by atoms with van der Waals surface area (Å²) >= 11 is 0. The molecule has 0 unspecified atom stereocenters. The van der Waals surface area contributed by atoms with Gasteiger partial charge in [-0.25, -0.2) is 18.0 Å². The number of hydrogen-bond acceptors (Lipinski definition) is 3. The molecule has 0 aliphatic carbocycles. The molecule has 28 heavy (non-hydrogen) atoms. The van der Waals surface area contributed by atoms with Crippen LogP contribution in [0, 0.1) is 24.4 Å². The third kappa shape index (κ3) is 3.88. The monoisotopic (exact) mass is 393 g/mol. The van der Waals surface area contributed by atoms with Gasteiger partial charge in [0.05, 0.1) is 7.11 Å². The standard InChI is InChI=1S/C19H18F3N3O3/c1-9-3-4-10(5-13(9)20)24-19(27)25-17-12(8-23-18(17)26)16-14(21)6-11(28-2)7-15(16)22/h3-7,12,17H,8H2,1-2H3,(H,23,26)(H2,24,25,27)/t12-,17-/m0/s1. The van der Waals surface area contributed by atoms with Crippen LogP contribution in [0.15, 0.2) is 30.3 Å². The summed E-state index contributed by atoms with van der Waals surface area (Å²) in [6.45, 7) is 1.52. The highest BCUT2D eigenvalue weighted by molar-refractivity contribution is 5.95. The van der Waals surface area contributed by atoms with E-state index in [-0.39, 0.29) is 23.5 Å². The van der Waals surface area contributed by atoms with Gasteiger partial charge < -0.3 is 20.7 Å². The van der Waals surface area contributed by atoms with Gasteiger partial charge >= 0.3 is 6.03 Å². The molecule has 3 rings (SSSR count). The quantitative estimate of drug-likeness (QED) is 0.748. The summed E-state index contributed by atoms with van der Waals surface area (Å²) in [5.74, 6) is -3.81. The zero-order valence-corrected chi connectivity index (χ0v) is 15.1. The largest absolute Gasteiger partial charge is 0.497 e. The van der Waals surface area contributed by atoms with Crippen LogP contribution in [-0.2, 0) is 4.79 Å². The fourth-order valence-electron chi connectivity index (χ4n) is 3.07. The number of carbonyl (C=O) groups is 2. The van der Waals surface area contributed by atoms with Gasteiger partial charge in [-0.15, -0.1) is 0 Å². The summed E-state index contributed by atoms with van der Waals surface area (Å²) in [6.07, 6.45) is 0. The van der Waals surface area contributed by atoms with Gasteiger partial charge in [-0.2, -0.15) is 0 Å². The second-order valence-corrected chi connectivity index (χ2v) is 6.40. The van der Waals surface area contributed by atoms with E-state index in [0.717, 1.165) is 18.2 Å². The van der Waals surface area contributed by atoms with E-state index in [4.69, 9.17) is 4.74 Å². The molecule has 0 spiro atoms. The average Bonchev–Trinajstić information content (AvgIpc) is 2.98. The number of ether oxygens (including phenoxy) is 1. The van der Waals surface area contributed by atoms with E-state index in [1.54, 1.807) is 6.92 Å². The Labute approximate surface area is 159 Å². The molecule has 2 atom stereocenters. The lowest BCUT2D eigenvalue weighted by molar-refractivity contribution is -0.120. The van der Waals surface area contributed by atoms with Crippen molar-refractivity contribution in [3.8, 4) is 5.75 Å². The molecule has 148 valence electrons. The molecule has 0 aromatic heterocycles. The average molecular weight is 393 g/mol. The van der Waals surface area contributed by atoms with E-state index < -0.39 is 41.3 Å². The van der Waals surface area contributed by atoms with E-state index in [0.29, 0.717) is 5.56 Å². The van der Waals surface area contributed by atoms with Crippen molar-refractivity contribution < 1.29 is 27.5 Å². The zero-order valence-electron chi connectivity index (χ0n) is 15.1. The number of rotatable bonds is 4. The van der Waals surface area contributed by atoms with Crippen LogP contribution in [0.5, 0.6) is 5.75 Å². The summed E-state index contributed by atoms with van der Waals surface area (Å²) < 4.78 is 47.2. The molecule has 6 nitrogen and oxygen atoms in total. The summed E-state index contributed by atoms with van der Waals surface area (Å²) in [5, 5.41) is 7.27. The van der Waals surface area contributed by atoms with E-state index in [9.17, 15) is 22.8 Å². The summed E-state index contributed by atoms with van der Waals surface area (Å²) in [4.78, 5) is 24.3. The lowest BCUT2D eigenvalue weighted by atomic mass is 9.93. The van der Waals surface area contributed by atoms with Crippen LogP contribution >= 0.6 is 0 Å². The van der Waals surface area contributed by atoms with E-state index in [2.05, 4.69) is 16.0 Å². The minimum atomic E-state index is -1.20. The summed E-state index contributed by atoms with van der Waals surface area (Å²) in [7, 11) is 1.27. The number of benzene rings is 2. The van der Waals surface area contributed by atoms with Crippen molar-refractivity contribution in [3.05, 3.63) is 58.9 Å². The number of urea groups is 1. The SMILES string of the molecule is COc1cc(F)c([C@@H]2CNC(=O)[C@H]2NC(=O)Nc2ccc(C)c(F)c2)c(F)c1. The Morgan fingerprint density at radius 1 is 1.14 bits per heavy atom. The predicted molar refractivity (Wildman–Crippen MR) is 95.7 cm³/mol. The molecule has 1 aliphatic rings. The van der Waals surface area contributed by atoms with E-state index >= 15 is 0 Å². The lowest BCUT2D eigenvalue weighted by Gasteiger charge is -2.20. The highest BCUT2D eigenvalue weighted by Gasteiger charge is 2.40. The second-order valence-electron chi connectivity index (χ2n) is 6.40. The third-order valence-corrected chi connectivity index (χ3v) is 4.56. The first-order valence-electron chi connectivity index (χ1n) is 8.44. The maximum Gasteiger partial charge on any atom is 0.319 e. The molecule has 1 saturated heterocycles. The van der Waals surface area contributed by atoms with Crippen LogP contribution < -0.4 is 20.7 Å².